The first kappa shape index (κ1) is 26.2. The molecule has 0 aliphatic carbocycles. The molecule has 0 unspecified atom stereocenters. The molecule has 0 fully saturated rings. The maximum atomic E-state index is 12.8. The van der Waals surface area contributed by atoms with Crippen LogP contribution in [0.1, 0.15) is 55.2 Å². The molecule has 7 heteroatoms. The zero-order chi connectivity index (χ0) is 26.2. The first-order valence-electron chi connectivity index (χ1n) is 12.9. The number of ether oxygens (including phenoxy) is 1. The molecular formula is C30H34N2O5. The van der Waals surface area contributed by atoms with Crippen molar-refractivity contribution >= 4 is 11.9 Å². The number of unbranched alkanes of at least 4 members (excludes halogenated alkanes) is 3. The minimum Gasteiger partial charge on any atom is -0.493 e. The number of aryl methyl sites for hydroxylation is 1. The summed E-state index contributed by atoms with van der Waals surface area (Å²) in [6.45, 7) is 4.69. The fraction of sp³-hybridized carbons (Fsp3) is 0.367. The van der Waals surface area contributed by atoms with Crippen molar-refractivity contribution in [1.82, 2.24) is 9.88 Å². The highest BCUT2D eigenvalue weighted by molar-refractivity contribution is 5.91. The monoisotopic (exact) mass is 502 g/mol. The highest BCUT2D eigenvalue weighted by atomic mass is 16.5. The van der Waals surface area contributed by atoms with Crippen LogP contribution in [0, 0.1) is 6.92 Å². The third-order valence-electron chi connectivity index (χ3n) is 6.63. The molecule has 0 bridgehead atoms. The van der Waals surface area contributed by atoms with E-state index < -0.39 is 12.0 Å². The number of aliphatic carboxylic acids is 1. The smallest absolute Gasteiger partial charge is 0.326 e. The number of nitrogens with zero attached hydrogens (tertiary/aromatic N) is 2. The second-order valence-corrected chi connectivity index (χ2v) is 9.34. The molecule has 37 heavy (non-hydrogen) atoms. The number of oxazole rings is 1. The molecule has 1 atom stereocenters. The van der Waals surface area contributed by atoms with Crippen molar-refractivity contribution in [2.24, 2.45) is 0 Å². The molecule has 0 spiro atoms. The molecule has 3 aromatic rings. The van der Waals surface area contributed by atoms with E-state index in [9.17, 15) is 14.7 Å². The first-order valence-corrected chi connectivity index (χ1v) is 12.9. The van der Waals surface area contributed by atoms with Crippen LogP contribution in [-0.2, 0) is 29.0 Å². The molecule has 2 heterocycles. The lowest BCUT2D eigenvalue weighted by Gasteiger charge is -2.34. The van der Waals surface area contributed by atoms with Gasteiger partial charge in [0.05, 0.1) is 12.3 Å². The molecule has 1 aliphatic rings. The quantitative estimate of drug-likeness (QED) is 0.265. The number of fused-ring (bicyclic) bond motifs is 1. The summed E-state index contributed by atoms with van der Waals surface area (Å²) >= 11 is 0. The number of hydrogen-bond donors (Lipinski definition) is 1. The maximum Gasteiger partial charge on any atom is 0.326 e. The van der Waals surface area contributed by atoms with Gasteiger partial charge >= 0.3 is 5.97 Å². The van der Waals surface area contributed by atoms with Gasteiger partial charge in [-0.25, -0.2) is 9.78 Å². The van der Waals surface area contributed by atoms with Gasteiger partial charge in [-0.05, 0) is 61.2 Å². The Hall–Kier alpha value is -3.87. The van der Waals surface area contributed by atoms with Crippen molar-refractivity contribution in [2.75, 3.05) is 6.61 Å². The summed E-state index contributed by atoms with van der Waals surface area (Å²) < 4.78 is 11.8. The van der Waals surface area contributed by atoms with Gasteiger partial charge in [0.1, 0.15) is 17.6 Å². The molecule has 1 aromatic heterocycles. The van der Waals surface area contributed by atoms with E-state index in [4.69, 9.17) is 9.15 Å². The molecule has 0 radical (unpaired) electrons. The van der Waals surface area contributed by atoms with Gasteiger partial charge in [0.2, 0.25) is 11.8 Å². The second-order valence-electron chi connectivity index (χ2n) is 9.34. The van der Waals surface area contributed by atoms with Gasteiger partial charge in [0.25, 0.3) is 0 Å². The number of aromatic nitrogens is 1. The number of allylic oxidation sites excluding steroid dienone is 1. The van der Waals surface area contributed by atoms with Gasteiger partial charge in [-0.1, -0.05) is 50.1 Å². The Morgan fingerprint density at radius 2 is 1.97 bits per heavy atom. The highest BCUT2D eigenvalue weighted by Crippen LogP contribution is 2.28. The third-order valence-corrected chi connectivity index (χ3v) is 6.63. The standard InChI is InChI=1S/C30H34N2O5/c1-3-4-5-6-10-13-28(33)32-20-24-18-25(15-14-23(24)19-27(32)30(34)35)36-17-16-26-21(2)37-29(31-26)22-11-8-7-9-12-22/h7-15,18,27H,3-6,16-17,19-20H2,1-2H3,(H,34,35)/b13-10+/t27-/m0/s1. The predicted molar refractivity (Wildman–Crippen MR) is 141 cm³/mol. The molecule has 194 valence electrons. The average molecular weight is 503 g/mol. The normalized spacial score (nSPS) is 15.1. The fourth-order valence-corrected chi connectivity index (χ4v) is 4.52. The lowest BCUT2D eigenvalue weighted by Crippen LogP contribution is -2.48. The van der Waals surface area contributed by atoms with Crippen molar-refractivity contribution in [3.05, 3.63) is 83.3 Å². The minimum absolute atomic E-state index is 0.241. The summed E-state index contributed by atoms with van der Waals surface area (Å²) in [6, 6.07) is 14.6. The molecule has 7 nitrogen and oxygen atoms in total. The number of amides is 1. The van der Waals surface area contributed by atoms with E-state index >= 15 is 0 Å². The van der Waals surface area contributed by atoms with Crippen LogP contribution in [-0.4, -0.2) is 39.5 Å². The van der Waals surface area contributed by atoms with Gasteiger partial charge in [0, 0.05) is 24.9 Å². The molecule has 1 N–H and O–H groups in total. The van der Waals surface area contributed by atoms with Crippen molar-refractivity contribution in [2.45, 2.75) is 65.0 Å². The molecule has 0 saturated heterocycles. The summed E-state index contributed by atoms with van der Waals surface area (Å²) in [5, 5.41) is 9.74. The Kier molecular flexibility index (Phi) is 8.77. The van der Waals surface area contributed by atoms with Crippen molar-refractivity contribution in [1.29, 1.82) is 0 Å². The Morgan fingerprint density at radius 3 is 2.73 bits per heavy atom. The summed E-state index contributed by atoms with van der Waals surface area (Å²) in [7, 11) is 0. The van der Waals surface area contributed by atoms with E-state index in [0.29, 0.717) is 24.7 Å². The molecule has 2 aromatic carbocycles. The fourth-order valence-electron chi connectivity index (χ4n) is 4.52. The Balaban J connectivity index is 1.39. The molecular weight excluding hydrogens is 468 g/mol. The van der Waals surface area contributed by atoms with E-state index in [0.717, 1.165) is 53.8 Å². The van der Waals surface area contributed by atoms with Crippen LogP contribution in [0.15, 0.2) is 65.1 Å². The zero-order valence-corrected chi connectivity index (χ0v) is 21.5. The van der Waals surface area contributed by atoms with Crippen LogP contribution in [0.3, 0.4) is 0 Å². The van der Waals surface area contributed by atoms with E-state index in [2.05, 4.69) is 11.9 Å². The minimum atomic E-state index is -0.989. The van der Waals surface area contributed by atoms with Crippen molar-refractivity contribution in [3.8, 4) is 17.2 Å². The van der Waals surface area contributed by atoms with Gasteiger partial charge < -0.3 is 19.2 Å². The van der Waals surface area contributed by atoms with Crippen LogP contribution in [0.4, 0.5) is 0 Å². The summed E-state index contributed by atoms with van der Waals surface area (Å²) in [6.07, 6.45) is 8.30. The molecule has 4 rings (SSSR count). The Bertz CT molecular complexity index is 1250. The lowest BCUT2D eigenvalue weighted by atomic mass is 9.93. The number of benzene rings is 2. The molecule has 0 saturated carbocycles. The van der Waals surface area contributed by atoms with E-state index in [1.54, 1.807) is 0 Å². The van der Waals surface area contributed by atoms with Crippen LogP contribution < -0.4 is 4.74 Å². The van der Waals surface area contributed by atoms with E-state index in [-0.39, 0.29) is 18.9 Å². The number of carboxylic acids is 1. The largest absolute Gasteiger partial charge is 0.493 e. The number of carbonyl (C=O) groups is 2. The van der Waals surface area contributed by atoms with Crippen LogP contribution in [0.5, 0.6) is 5.75 Å². The number of carboxylic acid groups (broad SMARTS) is 1. The summed E-state index contributed by atoms with van der Waals surface area (Å²) in [5.74, 6) is 0.788. The molecule has 1 aliphatic heterocycles. The van der Waals surface area contributed by atoms with Gasteiger partial charge in [-0.2, -0.15) is 0 Å². The second kappa shape index (κ2) is 12.4. The van der Waals surface area contributed by atoms with Crippen LogP contribution >= 0.6 is 0 Å². The van der Waals surface area contributed by atoms with Crippen LogP contribution in [0.25, 0.3) is 11.5 Å². The Labute approximate surface area is 217 Å². The number of rotatable bonds is 11. The summed E-state index contributed by atoms with van der Waals surface area (Å²) in [5.41, 5.74) is 3.62. The SMILES string of the molecule is CCCCC/C=C/C(=O)N1Cc2cc(OCCc3nc(-c4ccccc4)oc3C)ccc2C[C@H]1C(=O)O. The van der Waals surface area contributed by atoms with Crippen LogP contribution in [0.2, 0.25) is 0 Å². The summed E-state index contributed by atoms with van der Waals surface area (Å²) in [4.78, 5) is 30.8. The predicted octanol–water partition coefficient (Wildman–Crippen LogP) is 5.75. The van der Waals surface area contributed by atoms with Gasteiger partial charge in [-0.3, -0.25) is 4.79 Å². The highest BCUT2D eigenvalue weighted by Gasteiger charge is 2.33. The van der Waals surface area contributed by atoms with E-state index in [1.807, 2.05) is 61.5 Å². The third kappa shape index (κ3) is 6.67. The maximum absolute atomic E-state index is 12.8. The van der Waals surface area contributed by atoms with E-state index in [1.165, 1.54) is 11.0 Å². The number of hydrogen-bond acceptors (Lipinski definition) is 5. The Morgan fingerprint density at radius 1 is 1.16 bits per heavy atom. The zero-order valence-electron chi connectivity index (χ0n) is 21.5. The lowest BCUT2D eigenvalue weighted by molar-refractivity contribution is -0.149. The number of carbonyl (C=O) groups excluding carboxylic acids is 1. The molecule has 1 amide bonds. The topological polar surface area (TPSA) is 92.9 Å². The van der Waals surface area contributed by atoms with Gasteiger partial charge in [-0.15, -0.1) is 0 Å². The van der Waals surface area contributed by atoms with Crippen molar-refractivity contribution < 1.29 is 23.8 Å². The first-order chi connectivity index (χ1) is 18.0. The average Bonchev–Trinajstić information content (AvgIpc) is 3.28. The van der Waals surface area contributed by atoms with Crippen molar-refractivity contribution in [3.63, 3.8) is 0 Å². The van der Waals surface area contributed by atoms with Gasteiger partial charge in [0.15, 0.2) is 0 Å².